The van der Waals surface area contributed by atoms with Crippen LogP contribution >= 0.6 is 11.3 Å². The van der Waals surface area contributed by atoms with Gasteiger partial charge in [-0.2, -0.15) is 0 Å². The van der Waals surface area contributed by atoms with Crippen molar-refractivity contribution in [2.24, 2.45) is 0 Å². The number of rotatable bonds is 9. The number of esters is 1. The second-order valence-corrected chi connectivity index (χ2v) is 11.1. The van der Waals surface area contributed by atoms with E-state index in [9.17, 15) is 4.79 Å². The van der Waals surface area contributed by atoms with Gasteiger partial charge in [0.2, 0.25) is 0 Å². The molecule has 0 atom stereocenters. The summed E-state index contributed by atoms with van der Waals surface area (Å²) in [5.74, 6) is -0.0986. The summed E-state index contributed by atoms with van der Waals surface area (Å²) in [4.78, 5) is 22.2. The SMILES string of the molecule is CCOC(=O)CCCCc1c(C)nc2sc3c(c2c1-c1ccc(C)cc1)CCN(Cc1ccccc1)C3. The number of hydrogen-bond donors (Lipinski definition) is 0. The number of carbonyl (C=O) groups excluding carboxylic acids is 1. The Morgan fingerprint density at radius 2 is 1.84 bits per heavy atom. The van der Waals surface area contributed by atoms with Crippen LogP contribution in [-0.2, 0) is 35.5 Å². The molecule has 0 spiro atoms. The molecule has 2 aromatic heterocycles. The Balaban J connectivity index is 1.49. The number of unbranched alkanes of at least 4 members (excludes halogenated alkanes) is 1. The monoisotopic (exact) mass is 512 g/mol. The summed E-state index contributed by atoms with van der Waals surface area (Å²) >= 11 is 1.87. The van der Waals surface area contributed by atoms with Crippen molar-refractivity contribution in [3.63, 3.8) is 0 Å². The summed E-state index contributed by atoms with van der Waals surface area (Å²) in [7, 11) is 0. The first-order valence-corrected chi connectivity index (χ1v) is 14.3. The summed E-state index contributed by atoms with van der Waals surface area (Å²) in [6.07, 6.45) is 4.23. The third-order valence-corrected chi connectivity index (χ3v) is 8.44. The van der Waals surface area contributed by atoms with E-state index in [-0.39, 0.29) is 5.97 Å². The van der Waals surface area contributed by atoms with Crippen LogP contribution in [0.25, 0.3) is 21.3 Å². The van der Waals surface area contributed by atoms with Crippen molar-refractivity contribution in [1.29, 1.82) is 0 Å². The van der Waals surface area contributed by atoms with Gasteiger partial charge in [-0.05, 0) is 74.3 Å². The third kappa shape index (κ3) is 5.78. The first-order chi connectivity index (χ1) is 18.0. The number of benzene rings is 2. The fourth-order valence-corrected chi connectivity index (χ4v) is 6.77. The Morgan fingerprint density at radius 1 is 1.05 bits per heavy atom. The number of pyridine rings is 1. The van der Waals surface area contributed by atoms with Gasteiger partial charge in [0.1, 0.15) is 4.83 Å². The molecule has 1 aliphatic rings. The first-order valence-electron chi connectivity index (χ1n) is 13.5. The molecule has 1 aliphatic heterocycles. The van der Waals surface area contributed by atoms with Crippen LogP contribution in [0, 0.1) is 13.8 Å². The van der Waals surface area contributed by atoms with E-state index in [4.69, 9.17) is 9.72 Å². The van der Waals surface area contributed by atoms with Gasteiger partial charge in [0, 0.05) is 42.0 Å². The van der Waals surface area contributed by atoms with Crippen molar-refractivity contribution < 1.29 is 9.53 Å². The second kappa shape index (κ2) is 11.6. The summed E-state index contributed by atoms with van der Waals surface area (Å²) in [6, 6.07) is 19.7. The molecule has 5 heteroatoms. The third-order valence-electron chi connectivity index (χ3n) is 7.33. The van der Waals surface area contributed by atoms with E-state index >= 15 is 0 Å². The average Bonchev–Trinajstić information content (AvgIpc) is 3.25. The maximum atomic E-state index is 11.8. The molecule has 0 aliphatic carbocycles. The fraction of sp³-hybridized carbons (Fsp3) is 0.375. The van der Waals surface area contributed by atoms with Crippen LogP contribution < -0.4 is 0 Å². The molecule has 4 nitrogen and oxygen atoms in total. The Hall–Kier alpha value is -3.02. The number of nitrogens with zero attached hydrogens (tertiary/aromatic N) is 2. The highest BCUT2D eigenvalue weighted by molar-refractivity contribution is 7.19. The molecular weight excluding hydrogens is 476 g/mol. The highest BCUT2D eigenvalue weighted by Crippen LogP contribution is 2.43. The summed E-state index contributed by atoms with van der Waals surface area (Å²) in [5.41, 5.74) is 9.19. The van der Waals surface area contributed by atoms with Crippen LogP contribution in [0.15, 0.2) is 54.6 Å². The summed E-state index contributed by atoms with van der Waals surface area (Å²) < 4.78 is 5.12. The Morgan fingerprint density at radius 3 is 2.59 bits per heavy atom. The molecular formula is C32H36N2O2S. The molecule has 0 N–H and O–H groups in total. The van der Waals surface area contributed by atoms with Crippen LogP contribution in [0.2, 0.25) is 0 Å². The molecule has 0 fully saturated rings. The molecule has 0 bridgehead atoms. The number of carbonyl (C=O) groups is 1. The standard InChI is InChI=1S/C32H36N2O2S/c1-4-36-29(35)13-9-8-12-26-23(3)33-32-31(30(26)25-16-14-22(2)15-17-25)27-18-19-34(21-28(27)37-32)20-24-10-6-5-7-11-24/h5-7,10-11,14-17H,4,8-9,12-13,18-21H2,1-3H3. The number of aromatic nitrogens is 1. The molecule has 0 radical (unpaired) electrons. The van der Waals surface area contributed by atoms with E-state index < -0.39 is 0 Å². The minimum absolute atomic E-state index is 0.0986. The largest absolute Gasteiger partial charge is 0.466 e. The Kier molecular flexibility index (Phi) is 8.02. The Bertz CT molecular complexity index is 1380. The van der Waals surface area contributed by atoms with E-state index in [1.54, 1.807) is 0 Å². The van der Waals surface area contributed by atoms with Crippen molar-refractivity contribution in [3.8, 4) is 11.1 Å². The van der Waals surface area contributed by atoms with Crippen molar-refractivity contribution in [2.45, 2.75) is 66.0 Å². The zero-order valence-corrected chi connectivity index (χ0v) is 23.0. The van der Waals surface area contributed by atoms with E-state index in [0.717, 1.165) is 55.8 Å². The van der Waals surface area contributed by atoms with E-state index in [1.807, 2.05) is 18.3 Å². The number of hydrogen-bond acceptors (Lipinski definition) is 5. The number of ether oxygens (including phenoxy) is 1. The van der Waals surface area contributed by atoms with Gasteiger partial charge in [0.25, 0.3) is 0 Å². The lowest BCUT2D eigenvalue weighted by atomic mass is 9.89. The van der Waals surface area contributed by atoms with Gasteiger partial charge in [0.15, 0.2) is 0 Å². The van der Waals surface area contributed by atoms with Crippen molar-refractivity contribution in [2.75, 3.05) is 13.2 Å². The van der Waals surface area contributed by atoms with Crippen LogP contribution in [-0.4, -0.2) is 29.0 Å². The minimum Gasteiger partial charge on any atom is -0.466 e. The molecule has 0 unspecified atom stereocenters. The van der Waals surface area contributed by atoms with Gasteiger partial charge in [-0.25, -0.2) is 4.98 Å². The van der Waals surface area contributed by atoms with Crippen LogP contribution in [0.1, 0.15) is 59.0 Å². The van der Waals surface area contributed by atoms with Crippen LogP contribution in [0.5, 0.6) is 0 Å². The fourth-order valence-electron chi connectivity index (χ4n) is 5.46. The van der Waals surface area contributed by atoms with Gasteiger partial charge in [-0.15, -0.1) is 11.3 Å². The van der Waals surface area contributed by atoms with Crippen LogP contribution in [0.4, 0.5) is 0 Å². The number of aryl methyl sites for hydroxylation is 2. The van der Waals surface area contributed by atoms with Gasteiger partial charge in [-0.3, -0.25) is 9.69 Å². The maximum Gasteiger partial charge on any atom is 0.305 e. The molecule has 0 saturated carbocycles. The quantitative estimate of drug-likeness (QED) is 0.173. The van der Waals surface area contributed by atoms with Crippen molar-refractivity contribution >= 4 is 27.5 Å². The first kappa shape index (κ1) is 25.6. The predicted molar refractivity (Wildman–Crippen MR) is 153 cm³/mol. The predicted octanol–water partition coefficient (Wildman–Crippen LogP) is 7.41. The summed E-state index contributed by atoms with van der Waals surface area (Å²) in [5, 5.41) is 1.36. The zero-order chi connectivity index (χ0) is 25.8. The normalized spacial score (nSPS) is 13.6. The summed E-state index contributed by atoms with van der Waals surface area (Å²) in [6.45, 7) is 9.62. The zero-order valence-electron chi connectivity index (χ0n) is 22.2. The molecule has 0 saturated heterocycles. The highest BCUT2D eigenvalue weighted by atomic mass is 32.1. The lowest BCUT2D eigenvalue weighted by molar-refractivity contribution is -0.143. The lowest BCUT2D eigenvalue weighted by Gasteiger charge is -2.27. The van der Waals surface area contributed by atoms with Crippen LogP contribution in [0.3, 0.4) is 0 Å². The molecule has 3 heterocycles. The number of thiophene rings is 1. The van der Waals surface area contributed by atoms with Crippen molar-refractivity contribution in [3.05, 3.63) is 87.4 Å². The topological polar surface area (TPSA) is 42.4 Å². The second-order valence-electron chi connectivity index (χ2n) is 10.1. The Labute approximate surface area is 224 Å². The molecule has 0 amide bonds. The van der Waals surface area contributed by atoms with E-state index in [1.165, 1.54) is 43.6 Å². The van der Waals surface area contributed by atoms with Crippen molar-refractivity contribution in [1.82, 2.24) is 9.88 Å². The van der Waals surface area contributed by atoms with Gasteiger partial charge in [-0.1, -0.05) is 60.2 Å². The smallest absolute Gasteiger partial charge is 0.305 e. The van der Waals surface area contributed by atoms with Gasteiger partial charge in [0.05, 0.1) is 6.61 Å². The van der Waals surface area contributed by atoms with E-state index in [2.05, 4.69) is 73.3 Å². The molecule has 4 aromatic rings. The molecule has 2 aromatic carbocycles. The van der Waals surface area contributed by atoms with E-state index in [0.29, 0.717) is 13.0 Å². The molecule has 37 heavy (non-hydrogen) atoms. The number of fused-ring (bicyclic) bond motifs is 3. The molecule has 192 valence electrons. The van der Waals surface area contributed by atoms with Gasteiger partial charge < -0.3 is 4.74 Å². The highest BCUT2D eigenvalue weighted by Gasteiger charge is 2.26. The lowest BCUT2D eigenvalue weighted by Crippen LogP contribution is -2.29. The maximum absolute atomic E-state index is 11.8. The van der Waals surface area contributed by atoms with Gasteiger partial charge >= 0.3 is 5.97 Å². The minimum atomic E-state index is -0.0986. The molecule has 5 rings (SSSR count). The average molecular weight is 513 g/mol.